The van der Waals surface area contributed by atoms with Crippen LogP contribution >= 0.6 is 44.5 Å². The fraction of sp³-hybridized carbons (Fsp3) is 1.00. The number of alkyl halides is 1. The zero-order valence-corrected chi connectivity index (χ0v) is 8.67. The average Bonchev–Trinajstić information content (AvgIpc) is 1.59. The molecule has 0 aromatic carbocycles. The van der Waals surface area contributed by atoms with Crippen molar-refractivity contribution in [3.8, 4) is 0 Å². The molecule has 0 spiro atoms. The molecule has 1 atom stereocenters. The zero-order chi connectivity index (χ0) is 7.49. The van der Waals surface area contributed by atoms with E-state index < -0.39 is 6.07 Å². The maximum absolute atomic E-state index is 10.4. The molecule has 56 valence electrons. The van der Waals surface area contributed by atoms with Crippen LogP contribution in [0.1, 0.15) is 6.92 Å². The van der Waals surface area contributed by atoms with Gasteiger partial charge in [-0.2, -0.15) is 0 Å². The van der Waals surface area contributed by atoms with Crippen LogP contribution < -0.4 is 0 Å². The van der Waals surface area contributed by atoms with Crippen LogP contribution in [0.5, 0.6) is 0 Å². The highest BCUT2D eigenvalue weighted by Crippen LogP contribution is 2.57. The molecule has 0 aliphatic rings. The van der Waals surface area contributed by atoms with Crippen molar-refractivity contribution in [3.63, 3.8) is 0 Å². The first-order chi connectivity index (χ1) is 3.92. The summed E-state index contributed by atoms with van der Waals surface area (Å²) in [6.45, 7) is 2.09. The van der Waals surface area contributed by atoms with E-state index in [0.29, 0.717) is 0 Å². The van der Waals surface area contributed by atoms with E-state index in [0.717, 1.165) is 0 Å². The first kappa shape index (κ1) is 10.2. The van der Waals surface area contributed by atoms with Gasteiger partial charge in [-0.1, -0.05) is 22.9 Å². The van der Waals surface area contributed by atoms with Gasteiger partial charge in [0.2, 0.25) is 0 Å². The summed E-state index contributed by atoms with van der Waals surface area (Å²) in [7, 11) is 0. The highest BCUT2D eigenvalue weighted by atomic mass is 79.9. The normalized spacial score (nSPS) is 15.6. The van der Waals surface area contributed by atoms with E-state index in [1.54, 1.807) is 0 Å². The number of halogens is 3. The van der Waals surface area contributed by atoms with Gasteiger partial charge in [0.25, 0.3) is 0 Å². The lowest BCUT2D eigenvalue weighted by molar-refractivity contribution is 0.340. The second kappa shape index (κ2) is 4.20. The van der Waals surface area contributed by atoms with Crippen LogP contribution in [0.25, 0.3) is 0 Å². The van der Waals surface area contributed by atoms with Crippen molar-refractivity contribution >= 4 is 44.5 Å². The molecule has 2 nitrogen and oxygen atoms in total. The fourth-order valence-corrected chi connectivity index (χ4v) is 1.26. The van der Waals surface area contributed by atoms with Gasteiger partial charge in [0.05, 0.1) is 6.61 Å². The van der Waals surface area contributed by atoms with Crippen molar-refractivity contribution < 1.29 is 9.09 Å². The lowest BCUT2D eigenvalue weighted by atomic mass is 10.5. The van der Waals surface area contributed by atoms with Crippen LogP contribution in [0.2, 0.25) is 0 Å². The van der Waals surface area contributed by atoms with Crippen molar-refractivity contribution in [3.05, 3.63) is 0 Å². The van der Waals surface area contributed by atoms with E-state index >= 15 is 0 Å². The summed E-state index contributed by atoms with van der Waals surface area (Å²) < 4.78 is 14.9. The molecule has 0 aliphatic carbocycles. The summed E-state index contributed by atoms with van der Waals surface area (Å²) in [6.07, 6.45) is -3.31. The van der Waals surface area contributed by atoms with Gasteiger partial charge in [0.15, 0.2) is 0 Å². The number of rotatable bonds is 3. The monoisotopic (exact) mass is 254 g/mol. The molecule has 0 amide bonds. The van der Waals surface area contributed by atoms with E-state index in [1.165, 1.54) is 0 Å². The highest BCUT2D eigenvalue weighted by Gasteiger charge is 2.14. The molecule has 0 rings (SSSR count). The third kappa shape index (κ3) is 9.25. The third-order valence-electron chi connectivity index (χ3n) is 0.454. The molecule has 6 heteroatoms. The molecule has 0 saturated heterocycles. The molecule has 0 aromatic rings. The molecular weight excluding hydrogens is 250 g/mol. The quantitative estimate of drug-likeness (QED) is 0.571. The van der Waals surface area contributed by atoms with Gasteiger partial charge < -0.3 is 4.52 Å². The van der Waals surface area contributed by atoms with Crippen LogP contribution in [0.4, 0.5) is 0 Å². The predicted octanol–water partition coefficient (Wildman–Crippen LogP) is 3.37. The molecule has 0 saturated carbocycles. The van der Waals surface area contributed by atoms with E-state index in [1.807, 2.05) is 6.92 Å². The lowest BCUT2D eigenvalue weighted by Crippen LogP contribution is -1.98. The maximum atomic E-state index is 10.4. The van der Waals surface area contributed by atoms with Crippen LogP contribution in [0.15, 0.2) is 0 Å². The van der Waals surface area contributed by atoms with Crippen molar-refractivity contribution in [1.82, 2.24) is 0 Å². The Bertz CT molecular complexity index is 123. The minimum Gasteiger partial charge on any atom is -0.305 e. The van der Waals surface area contributed by atoms with E-state index in [-0.39, 0.29) is 11.4 Å². The van der Waals surface area contributed by atoms with E-state index in [2.05, 4.69) is 20.5 Å². The first-order valence-corrected chi connectivity index (χ1v) is 6.55. The molecule has 0 radical (unpaired) electrons. The maximum Gasteiger partial charge on any atom is 0.380 e. The summed E-state index contributed by atoms with van der Waals surface area (Å²) >= 11 is 13.3. The summed E-state index contributed by atoms with van der Waals surface area (Å²) in [6, 6.07) is 0. The lowest BCUT2D eigenvalue weighted by Gasteiger charge is -2.04. The van der Waals surface area contributed by atoms with Crippen LogP contribution in [-0.4, -0.2) is 11.4 Å². The van der Waals surface area contributed by atoms with Gasteiger partial charge in [-0.05, 0) is 22.5 Å². The summed E-state index contributed by atoms with van der Waals surface area (Å²) in [5.74, 6) is 0. The molecule has 0 aromatic heterocycles. The van der Waals surface area contributed by atoms with E-state index in [4.69, 9.17) is 22.5 Å². The minimum atomic E-state index is -3.31. The van der Waals surface area contributed by atoms with Gasteiger partial charge in [-0.15, -0.1) is 0 Å². The topological polar surface area (TPSA) is 26.3 Å². The first-order valence-electron chi connectivity index (χ1n) is 2.20. The van der Waals surface area contributed by atoms with Crippen molar-refractivity contribution in [2.24, 2.45) is 0 Å². The summed E-state index contributed by atoms with van der Waals surface area (Å²) in [5, 5.41) is 0. The Hall–Kier alpha value is 1.25. The molecule has 0 heterocycles. The Balaban J connectivity index is 3.40. The second-order valence-electron chi connectivity index (χ2n) is 1.49. The summed E-state index contributed by atoms with van der Waals surface area (Å²) in [5.41, 5.74) is 0. The van der Waals surface area contributed by atoms with Crippen LogP contribution in [0.3, 0.4) is 0 Å². The van der Waals surface area contributed by atoms with Gasteiger partial charge in [0.1, 0.15) is 0 Å². The Morgan fingerprint density at radius 2 is 2.22 bits per heavy atom. The van der Waals surface area contributed by atoms with Gasteiger partial charge in [-0.25, -0.2) is 0 Å². The minimum absolute atomic E-state index is 0.114. The summed E-state index contributed by atoms with van der Waals surface area (Å²) in [4.78, 5) is 0.114. The number of hydrogen-bond donors (Lipinski definition) is 0. The Morgan fingerprint density at radius 1 is 1.78 bits per heavy atom. The number of hydrogen-bond acceptors (Lipinski definition) is 2. The standard InChI is InChI=1S/C3H6BrCl2O2P/c1-3(4)2-8-9(5,6)7/h3H,2H2,1H3. The SMILES string of the molecule is CC(Br)COP(=O)(Cl)Cl. The zero-order valence-electron chi connectivity index (χ0n) is 4.68. The third-order valence-corrected chi connectivity index (χ3v) is 1.75. The van der Waals surface area contributed by atoms with Gasteiger partial charge in [-0.3, -0.25) is 4.57 Å². The highest BCUT2D eigenvalue weighted by molar-refractivity contribution is 9.09. The molecule has 0 aliphatic heterocycles. The largest absolute Gasteiger partial charge is 0.380 e. The van der Waals surface area contributed by atoms with Gasteiger partial charge in [0, 0.05) is 4.83 Å². The molecule has 0 bridgehead atoms. The Kier molecular flexibility index (Phi) is 4.78. The molecule has 0 fully saturated rings. The average molecular weight is 256 g/mol. The Morgan fingerprint density at radius 3 is 2.33 bits per heavy atom. The molecule has 9 heavy (non-hydrogen) atoms. The predicted molar refractivity (Wildman–Crippen MR) is 43.7 cm³/mol. The molecular formula is C3H6BrCl2O2P. The van der Waals surface area contributed by atoms with Crippen molar-refractivity contribution in [2.75, 3.05) is 6.61 Å². The smallest absolute Gasteiger partial charge is 0.305 e. The van der Waals surface area contributed by atoms with E-state index in [9.17, 15) is 4.57 Å². The van der Waals surface area contributed by atoms with Crippen molar-refractivity contribution in [1.29, 1.82) is 0 Å². The van der Waals surface area contributed by atoms with Crippen molar-refractivity contribution in [2.45, 2.75) is 11.8 Å². The Labute approximate surface area is 72.0 Å². The van der Waals surface area contributed by atoms with Gasteiger partial charge >= 0.3 is 6.07 Å². The second-order valence-corrected chi connectivity index (χ2v) is 7.33. The fourth-order valence-electron chi connectivity index (χ4n) is 0.189. The van der Waals surface area contributed by atoms with Crippen LogP contribution in [0, 0.1) is 0 Å². The molecule has 0 N–H and O–H groups in total. The van der Waals surface area contributed by atoms with Crippen LogP contribution in [-0.2, 0) is 9.09 Å². The molecule has 1 unspecified atom stereocenters.